The Bertz CT molecular complexity index is 886. The second-order valence-corrected chi connectivity index (χ2v) is 5.63. The van der Waals surface area contributed by atoms with Crippen LogP contribution in [0, 0.1) is 0 Å². The Labute approximate surface area is 146 Å². The molecule has 25 heavy (non-hydrogen) atoms. The van der Waals surface area contributed by atoms with Crippen molar-refractivity contribution in [3.63, 3.8) is 0 Å². The van der Waals surface area contributed by atoms with Crippen molar-refractivity contribution < 1.29 is 14.3 Å². The van der Waals surface area contributed by atoms with E-state index in [2.05, 4.69) is 4.98 Å². The van der Waals surface area contributed by atoms with Gasteiger partial charge in [0.25, 0.3) is 0 Å². The second-order valence-electron chi connectivity index (χ2n) is 5.63. The van der Waals surface area contributed by atoms with Crippen molar-refractivity contribution in [3.8, 4) is 11.5 Å². The summed E-state index contributed by atoms with van der Waals surface area (Å²) in [6.45, 7) is 0. The van der Waals surface area contributed by atoms with Crippen molar-refractivity contribution in [1.82, 2.24) is 4.98 Å². The lowest BCUT2D eigenvalue weighted by molar-refractivity contribution is -0.117. The van der Waals surface area contributed by atoms with E-state index in [1.165, 1.54) is 0 Å². The molecule has 5 heteroatoms. The van der Waals surface area contributed by atoms with Gasteiger partial charge in [-0.25, -0.2) is 4.98 Å². The maximum absolute atomic E-state index is 12.8. The van der Waals surface area contributed by atoms with E-state index in [0.29, 0.717) is 17.3 Å². The van der Waals surface area contributed by atoms with Gasteiger partial charge in [-0.15, -0.1) is 0 Å². The number of carbonyl (C=O) groups is 1. The standard InChI is InChI=1S/C20H20N2O3/c1-22(19-12-11-14-7-4-5-8-16(14)21-19)20(23)13-15-17(24-2)9-6-10-18(15)25-3/h4-12H,13H2,1-3H3. The average Bonchev–Trinajstić information content (AvgIpc) is 2.67. The number of benzene rings is 2. The van der Waals surface area contributed by atoms with Crippen LogP contribution in [0.25, 0.3) is 10.9 Å². The molecule has 3 rings (SSSR count). The summed E-state index contributed by atoms with van der Waals surface area (Å²) >= 11 is 0. The minimum Gasteiger partial charge on any atom is -0.496 e. The second kappa shape index (κ2) is 7.21. The molecular formula is C20H20N2O3. The quantitative estimate of drug-likeness (QED) is 0.716. The number of para-hydroxylation sites is 1. The van der Waals surface area contributed by atoms with Crippen LogP contribution in [0.2, 0.25) is 0 Å². The zero-order chi connectivity index (χ0) is 17.8. The van der Waals surface area contributed by atoms with Crippen molar-refractivity contribution >= 4 is 22.6 Å². The molecule has 3 aromatic rings. The van der Waals surface area contributed by atoms with E-state index in [4.69, 9.17) is 9.47 Å². The molecule has 0 saturated heterocycles. The summed E-state index contributed by atoms with van der Waals surface area (Å²) in [7, 11) is 4.88. The van der Waals surface area contributed by atoms with Crippen molar-refractivity contribution in [2.24, 2.45) is 0 Å². The predicted molar refractivity (Wildman–Crippen MR) is 98.4 cm³/mol. The molecule has 0 radical (unpaired) electrons. The van der Waals surface area contributed by atoms with Gasteiger partial charge in [-0.1, -0.05) is 24.3 Å². The number of methoxy groups -OCH3 is 2. The third kappa shape index (κ3) is 3.40. The molecule has 1 heterocycles. The molecule has 0 spiro atoms. The van der Waals surface area contributed by atoms with Crippen molar-refractivity contribution in [3.05, 3.63) is 60.2 Å². The molecule has 2 aromatic carbocycles. The van der Waals surface area contributed by atoms with E-state index in [1.54, 1.807) is 26.2 Å². The van der Waals surface area contributed by atoms with Gasteiger partial charge in [0.1, 0.15) is 17.3 Å². The highest BCUT2D eigenvalue weighted by molar-refractivity contribution is 5.95. The lowest BCUT2D eigenvalue weighted by Crippen LogP contribution is -2.29. The number of aromatic nitrogens is 1. The molecule has 5 nitrogen and oxygen atoms in total. The van der Waals surface area contributed by atoms with Crippen LogP contribution in [0.3, 0.4) is 0 Å². The molecule has 1 aromatic heterocycles. The minimum absolute atomic E-state index is 0.0921. The zero-order valence-corrected chi connectivity index (χ0v) is 14.5. The third-order valence-electron chi connectivity index (χ3n) is 4.16. The summed E-state index contributed by atoms with van der Waals surface area (Å²) in [6.07, 6.45) is 0.165. The lowest BCUT2D eigenvalue weighted by Gasteiger charge is -2.19. The third-order valence-corrected chi connectivity index (χ3v) is 4.16. The molecule has 0 fully saturated rings. The van der Waals surface area contributed by atoms with Crippen molar-refractivity contribution in [2.45, 2.75) is 6.42 Å². The highest BCUT2D eigenvalue weighted by Gasteiger charge is 2.18. The predicted octanol–water partition coefficient (Wildman–Crippen LogP) is 3.46. The zero-order valence-electron chi connectivity index (χ0n) is 14.5. The molecular weight excluding hydrogens is 316 g/mol. The largest absolute Gasteiger partial charge is 0.496 e. The number of fused-ring (bicyclic) bond motifs is 1. The SMILES string of the molecule is COc1cccc(OC)c1CC(=O)N(C)c1ccc2ccccc2n1. The van der Waals surface area contributed by atoms with E-state index < -0.39 is 0 Å². The molecule has 0 atom stereocenters. The van der Waals surface area contributed by atoms with E-state index in [-0.39, 0.29) is 12.3 Å². The molecule has 1 amide bonds. The fourth-order valence-electron chi connectivity index (χ4n) is 2.74. The summed E-state index contributed by atoms with van der Waals surface area (Å²) in [6, 6.07) is 17.1. The average molecular weight is 336 g/mol. The fourth-order valence-corrected chi connectivity index (χ4v) is 2.74. The monoisotopic (exact) mass is 336 g/mol. The maximum Gasteiger partial charge on any atom is 0.232 e. The van der Waals surface area contributed by atoms with Crippen LogP contribution < -0.4 is 14.4 Å². The van der Waals surface area contributed by atoms with Crippen molar-refractivity contribution in [1.29, 1.82) is 0 Å². The summed E-state index contributed by atoms with van der Waals surface area (Å²) in [5.41, 5.74) is 1.58. The first-order valence-corrected chi connectivity index (χ1v) is 7.96. The summed E-state index contributed by atoms with van der Waals surface area (Å²) in [5.74, 6) is 1.78. The van der Waals surface area contributed by atoms with E-state index in [0.717, 1.165) is 16.5 Å². The van der Waals surface area contributed by atoms with Crippen LogP contribution in [0.1, 0.15) is 5.56 Å². The van der Waals surface area contributed by atoms with Gasteiger partial charge in [-0.3, -0.25) is 9.69 Å². The van der Waals surface area contributed by atoms with Crippen LogP contribution in [-0.4, -0.2) is 32.2 Å². The number of hydrogen-bond donors (Lipinski definition) is 0. The normalized spacial score (nSPS) is 10.5. The van der Waals surface area contributed by atoms with Crippen molar-refractivity contribution in [2.75, 3.05) is 26.2 Å². The first kappa shape index (κ1) is 16.8. The maximum atomic E-state index is 12.8. The molecule has 128 valence electrons. The van der Waals surface area contributed by atoms with Crippen LogP contribution >= 0.6 is 0 Å². The first-order valence-electron chi connectivity index (χ1n) is 7.96. The molecule has 0 aliphatic rings. The molecule has 0 saturated carbocycles. The lowest BCUT2D eigenvalue weighted by atomic mass is 10.1. The van der Waals surface area contributed by atoms with Crippen LogP contribution in [0.15, 0.2) is 54.6 Å². The molecule has 0 aliphatic carbocycles. The number of rotatable bonds is 5. The number of pyridine rings is 1. The Morgan fingerprint density at radius 3 is 2.32 bits per heavy atom. The van der Waals surface area contributed by atoms with Gasteiger partial charge in [0.2, 0.25) is 5.91 Å². The highest BCUT2D eigenvalue weighted by atomic mass is 16.5. The molecule has 0 bridgehead atoms. The van der Waals surface area contributed by atoms with E-state index in [1.807, 2.05) is 54.6 Å². The first-order chi connectivity index (χ1) is 12.1. The van der Waals surface area contributed by atoms with E-state index in [9.17, 15) is 4.79 Å². The Kier molecular flexibility index (Phi) is 4.84. The molecule has 0 unspecified atom stereocenters. The van der Waals surface area contributed by atoms with Crippen LogP contribution in [0.4, 0.5) is 5.82 Å². The summed E-state index contributed by atoms with van der Waals surface area (Å²) in [5, 5.41) is 1.04. The van der Waals surface area contributed by atoms with Gasteiger partial charge >= 0.3 is 0 Å². The Morgan fingerprint density at radius 1 is 0.960 bits per heavy atom. The van der Waals surface area contributed by atoms with E-state index >= 15 is 0 Å². The topological polar surface area (TPSA) is 51.7 Å². The smallest absolute Gasteiger partial charge is 0.232 e. The van der Waals surface area contributed by atoms with Gasteiger partial charge in [-0.05, 0) is 30.3 Å². The van der Waals surface area contributed by atoms with Crippen LogP contribution in [-0.2, 0) is 11.2 Å². The minimum atomic E-state index is -0.0921. The summed E-state index contributed by atoms with van der Waals surface area (Å²) in [4.78, 5) is 18.9. The van der Waals surface area contributed by atoms with Gasteiger partial charge in [0, 0.05) is 18.0 Å². The summed E-state index contributed by atoms with van der Waals surface area (Å²) < 4.78 is 10.7. The van der Waals surface area contributed by atoms with Gasteiger partial charge in [-0.2, -0.15) is 0 Å². The highest BCUT2D eigenvalue weighted by Crippen LogP contribution is 2.29. The number of anilines is 1. The number of ether oxygens (including phenoxy) is 2. The van der Waals surface area contributed by atoms with Gasteiger partial charge < -0.3 is 9.47 Å². The Balaban J connectivity index is 1.87. The number of carbonyl (C=O) groups excluding carboxylic acids is 1. The number of hydrogen-bond acceptors (Lipinski definition) is 4. The van der Waals surface area contributed by atoms with Gasteiger partial charge in [0.05, 0.1) is 26.2 Å². The number of nitrogens with zero attached hydrogens (tertiary/aromatic N) is 2. The number of amides is 1. The van der Waals surface area contributed by atoms with Gasteiger partial charge in [0.15, 0.2) is 0 Å². The molecule has 0 N–H and O–H groups in total. The van der Waals surface area contributed by atoms with Crippen LogP contribution in [0.5, 0.6) is 11.5 Å². The Hall–Kier alpha value is -3.08. The Morgan fingerprint density at radius 2 is 1.64 bits per heavy atom. The fraction of sp³-hybridized carbons (Fsp3) is 0.200. The number of likely N-dealkylation sites (N-methyl/N-ethyl adjacent to an activating group) is 1. The molecule has 0 aliphatic heterocycles.